The molecule has 7 heteroatoms. The topological polar surface area (TPSA) is 49.3 Å². The molecule has 2 N–H and O–H groups in total. The molecular weight excluding hydrogens is 254 g/mol. The van der Waals surface area contributed by atoms with Crippen molar-refractivity contribution in [2.45, 2.75) is 13.1 Å². The van der Waals surface area contributed by atoms with Crippen LogP contribution in [0.15, 0.2) is 18.2 Å². The average molecular weight is 265 g/mol. The first kappa shape index (κ1) is 14.3. The van der Waals surface area contributed by atoms with Crippen LogP contribution in [0.2, 0.25) is 0 Å². The second-order valence-corrected chi connectivity index (χ2v) is 3.80. The number of alkyl halides is 3. The zero-order valence-corrected chi connectivity index (χ0v) is 9.38. The molecule has 0 aliphatic heterocycles. The molecule has 0 aliphatic carbocycles. The minimum absolute atomic E-state index is 0.148. The van der Waals surface area contributed by atoms with Crippen LogP contribution in [-0.2, 0) is 4.79 Å². The predicted octanol–water partition coefficient (Wildman–Crippen LogP) is 2.81. The number of nitrogens with one attached hydrogen (secondary N) is 1. The van der Waals surface area contributed by atoms with E-state index in [0.29, 0.717) is 5.56 Å². The highest BCUT2D eigenvalue weighted by molar-refractivity contribution is 5.71. The standard InChI is InChI=1S/C11H11F4NO2/c1-6-2-3-8(12)9(4-6)16-5-7(10(17)18)11(13,14)15/h2-4,7,16H,5H2,1H3,(H,17,18). The van der Waals surface area contributed by atoms with Crippen LogP contribution in [0.3, 0.4) is 0 Å². The van der Waals surface area contributed by atoms with Gasteiger partial charge in [-0.05, 0) is 24.6 Å². The van der Waals surface area contributed by atoms with Gasteiger partial charge in [0.1, 0.15) is 5.82 Å². The third kappa shape index (κ3) is 3.61. The Morgan fingerprint density at radius 3 is 2.56 bits per heavy atom. The Morgan fingerprint density at radius 1 is 1.44 bits per heavy atom. The molecule has 0 aromatic heterocycles. The molecule has 1 aromatic carbocycles. The zero-order valence-electron chi connectivity index (χ0n) is 9.38. The summed E-state index contributed by atoms with van der Waals surface area (Å²) in [7, 11) is 0. The van der Waals surface area contributed by atoms with Gasteiger partial charge in [-0.15, -0.1) is 0 Å². The van der Waals surface area contributed by atoms with Crippen LogP contribution < -0.4 is 5.32 Å². The number of carbonyl (C=O) groups is 1. The van der Waals surface area contributed by atoms with Crippen molar-refractivity contribution in [3.05, 3.63) is 29.6 Å². The Balaban J connectivity index is 2.79. The Labute approximate surface area is 100 Å². The molecule has 100 valence electrons. The predicted molar refractivity (Wildman–Crippen MR) is 56.8 cm³/mol. The summed E-state index contributed by atoms with van der Waals surface area (Å²) >= 11 is 0. The first-order valence-electron chi connectivity index (χ1n) is 5.01. The number of carboxylic acid groups (broad SMARTS) is 1. The van der Waals surface area contributed by atoms with E-state index in [0.717, 1.165) is 6.07 Å². The van der Waals surface area contributed by atoms with Gasteiger partial charge < -0.3 is 10.4 Å². The highest BCUT2D eigenvalue weighted by Crippen LogP contribution is 2.27. The quantitative estimate of drug-likeness (QED) is 0.823. The number of aliphatic carboxylic acids is 1. The van der Waals surface area contributed by atoms with Crippen LogP contribution in [-0.4, -0.2) is 23.8 Å². The maximum absolute atomic E-state index is 13.2. The molecule has 0 bridgehead atoms. The molecule has 0 radical (unpaired) electrons. The summed E-state index contributed by atoms with van der Waals surface area (Å²) in [6.45, 7) is 0.724. The molecule has 0 saturated heterocycles. The highest BCUT2D eigenvalue weighted by Gasteiger charge is 2.44. The van der Waals surface area contributed by atoms with Crippen molar-refractivity contribution in [2.75, 3.05) is 11.9 Å². The van der Waals surface area contributed by atoms with Crippen LogP contribution in [0.1, 0.15) is 5.56 Å². The number of carboxylic acids is 1. The van der Waals surface area contributed by atoms with E-state index in [1.807, 2.05) is 0 Å². The molecule has 1 atom stereocenters. The van der Waals surface area contributed by atoms with Gasteiger partial charge in [0.25, 0.3) is 0 Å². The first-order chi connectivity index (χ1) is 8.21. The van der Waals surface area contributed by atoms with Gasteiger partial charge in [0.05, 0.1) is 5.69 Å². The minimum Gasteiger partial charge on any atom is -0.481 e. The Hall–Kier alpha value is -1.79. The SMILES string of the molecule is Cc1ccc(F)c(NCC(C(=O)O)C(F)(F)F)c1. The molecule has 0 fully saturated rings. The monoisotopic (exact) mass is 265 g/mol. The summed E-state index contributed by atoms with van der Waals surface area (Å²) in [4.78, 5) is 10.5. The van der Waals surface area contributed by atoms with Crippen molar-refractivity contribution < 1.29 is 27.5 Å². The largest absolute Gasteiger partial charge is 0.481 e. The maximum Gasteiger partial charge on any atom is 0.403 e. The van der Waals surface area contributed by atoms with Crippen molar-refractivity contribution >= 4 is 11.7 Å². The van der Waals surface area contributed by atoms with Crippen molar-refractivity contribution in [1.82, 2.24) is 0 Å². The minimum atomic E-state index is -4.88. The fourth-order valence-electron chi connectivity index (χ4n) is 1.33. The van der Waals surface area contributed by atoms with Gasteiger partial charge in [0.2, 0.25) is 0 Å². The van der Waals surface area contributed by atoms with E-state index < -0.39 is 30.4 Å². The molecule has 3 nitrogen and oxygen atoms in total. The zero-order chi connectivity index (χ0) is 13.9. The summed E-state index contributed by atoms with van der Waals surface area (Å²) in [5, 5.41) is 10.6. The molecule has 0 heterocycles. The molecule has 0 aliphatic rings. The lowest BCUT2D eigenvalue weighted by Crippen LogP contribution is -2.36. The van der Waals surface area contributed by atoms with Gasteiger partial charge >= 0.3 is 12.1 Å². The molecule has 0 amide bonds. The Morgan fingerprint density at radius 2 is 2.06 bits per heavy atom. The van der Waals surface area contributed by atoms with Crippen molar-refractivity contribution in [1.29, 1.82) is 0 Å². The van der Waals surface area contributed by atoms with Gasteiger partial charge in [-0.2, -0.15) is 13.2 Å². The number of aryl methyl sites for hydroxylation is 1. The molecule has 18 heavy (non-hydrogen) atoms. The maximum atomic E-state index is 13.2. The third-order valence-corrected chi connectivity index (χ3v) is 2.31. The van der Waals surface area contributed by atoms with E-state index in [1.165, 1.54) is 12.1 Å². The molecular formula is C11H11F4NO2. The smallest absolute Gasteiger partial charge is 0.403 e. The third-order valence-electron chi connectivity index (χ3n) is 2.31. The first-order valence-corrected chi connectivity index (χ1v) is 5.01. The molecule has 1 aromatic rings. The van der Waals surface area contributed by atoms with Crippen LogP contribution in [0.5, 0.6) is 0 Å². The van der Waals surface area contributed by atoms with E-state index in [2.05, 4.69) is 5.32 Å². The number of anilines is 1. The molecule has 0 spiro atoms. The van der Waals surface area contributed by atoms with E-state index in [1.54, 1.807) is 6.92 Å². The summed E-state index contributed by atoms with van der Waals surface area (Å²) in [5.41, 5.74) is 0.503. The van der Waals surface area contributed by atoms with Crippen LogP contribution in [0.4, 0.5) is 23.2 Å². The van der Waals surface area contributed by atoms with E-state index in [4.69, 9.17) is 5.11 Å². The van der Waals surface area contributed by atoms with E-state index in [-0.39, 0.29) is 5.69 Å². The second kappa shape index (κ2) is 5.24. The van der Waals surface area contributed by atoms with Crippen LogP contribution in [0.25, 0.3) is 0 Å². The summed E-state index contributed by atoms with van der Waals surface area (Å²) in [6.07, 6.45) is -4.88. The average Bonchev–Trinajstić information content (AvgIpc) is 2.20. The van der Waals surface area contributed by atoms with Crippen LogP contribution >= 0.6 is 0 Å². The summed E-state index contributed by atoms with van der Waals surface area (Å²) in [5.74, 6) is -5.30. The fourth-order valence-corrected chi connectivity index (χ4v) is 1.33. The summed E-state index contributed by atoms with van der Waals surface area (Å²) in [6, 6.07) is 3.87. The lowest BCUT2D eigenvalue weighted by molar-refractivity contribution is -0.190. The normalized spacial score (nSPS) is 13.2. The van der Waals surface area contributed by atoms with Gasteiger partial charge in [0, 0.05) is 6.54 Å². The second-order valence-electron chi connectivity index (χ2n) is 3.80. The van der Waals surface area contributed by atoms with Gasteiger partial charge in [-0.3, -0.25) is 4.79 Å². The van der Waals surface area contributed by atoms with Gasteiger partial charge in [-0.1, -0.05) is 6.07 Å². The number of halogens is 4. The fraction of sp³-hybridized carbons (Fsp3) is 0.364. The number of hydrogen-bond acceptors (Lipinski definition) is 2. The molecule has 0 saturated carbocycles. The Kier molecular flexibility index (Phi) is 4.15. The number of benzene rings is 1. The van der Waals surface area contributed by atoms with Crippen molar-refractivity contribution in [3.8, 4) is 0 Å². The highest BCUT2D eigenvalue weighted by atomic mass is 19.4. The Bertz CT molecular complexity index is 445. The van der Waals surface area contributed by atoms with Crippen molar-refractivity contribution in [2.24, 2.45) is 5.92 Å². The molecule has 1 rings (SSSR count). The number of rotatable bonds is 4. The van der Waals surface area contributed by atoms with Crippen LogP contribution in [0, 0.1) is 18.7 Å². The molecule has 1 unspecified atom stereocenters. The van der Waals surface area contributed by atoms with Crippen molar-refractivity contribution in [3.63, 3.8) is 0 Å². The van der Waals surface area contributed by atoms with E-state index in [9.17, 15) is 22.4 Å². The van der Waals surface area contributed by atoms with E-state index >= 15 is 0 Å². The summed E-state index contributed by atoms with van der Waals surface area (Å²) < 4.78 is 50.2. The van der Waals surface area contributed by atoms with Gasteiger partial charge in [-0.25, -0.2) is 4.39 Å². The lowest BCUT2D eigenvalue weighted by Gasteiger charge is -2.17. The lowest BCUT2D eigenvalue weighted by atomic mass is 10.1. The number of hydrogen-bond donors (Lipinski definition) is 2. The van der Waals surface area contributed by atoms with Gasteiger partial charge in [0.15, 0.2) is 5.92 Å².